The van der Waals surface area contributed by atoms with Crippen LogP contribution < -0.4 is 5.32 Å². The van der Waals surface area contributed by atoms with E-state index in [0.717, 1.165) is 12.3 Å². The number of carbonyl (C=O) groups excluding carboxylic acids is 1. The Morgan fingerprint density at radius 3 is 2.43 bits per heavy atom. The molecule has 1 amide bonds. The SMILES string of the molecule is CC(C)N(CCS)CC(=O)NCCS. The number of nitrogens with zero attached hydrogens (tertiary/aromatic N) is 1. The van der Waals surface area contributed by atoms with Crippen LogP contribution in [0.4, 0.5) is 0 Å². The molecule has 0 aliphatic carbocycles. The monoisotopic (exact) mass is 236 g/mol. The fourth-order valence-electron chi connectivity index (χ4n) is 1.08. The number of carbonyl (C=O) groups is 1. The van der Waals surface area contributed by atoms with E-state index in [4.69, 9.17) is 0 Å². The van der Waals surface area contributed by atoms with Crippen LogP contribution in [0.15, 0.2) is 0 Å². The summed E-state index contributed by atoms with van der Waals surface area (Å²) < 4.78 is 0. The van der Waals surface area contributed by atoms with Crippen LogP contribution in [0.1, 0.15) is 13.8 Å². The molecule has 0 atom stereocenters. The van der Waals surface area contributed by atoms with Crippen molar-refractivity contribution < 1.29 is 4.79 Å². The smallest absolute Gasteiger partial charge is 0.234 e. The summed E-state index contributed by atoms with van der Waals surface area (Å²) in [7, 11) is 0. The van der Waals surface area contributed by atoms with Crippen molar-refractivity contribution in [3.63, 3.8) is 0 Å². The van der Waals surface area contributed by atoms with Gasteiger partial charge in [0.15, 0.2) is 0 Å². The van der Waals surface area contributed by atoms with Gasteiger partial charge in [0.1, 0.15) is 0 Å². The molecular weight excluding hydrogens is 216 g/mol. The van der Waals surface area contributed by atoms with Gasteiger partial charge >= 0.3 is 0 Å². The lowest BCUT2D eigenvalue weighted by atomic mass is 10.3. The summed E-state index contributed by atoms with van der Waals surface area (Å²) in [5, 5.41) is 2.79. The van der Waals surface area contributed by atoms with Gasteiger partial charge in [-0.2, -0.15) is 25.3 Å². The summed E-state index contributed by atoms with van der Waals surface area (Å²) in [4.78, 5) is 13.5. The highest BCUT2D eigenvalue weighted by molar-refractivity contribution is 7.80. The molecule has 0 unspecified atom stereocenters. The summed E-state index contributed by atoms with van der Waals surface area (Å²) in [6.07, 6.45) is 0. The zero-order valence-corrected chi connectivity index (χ0v) is 10.7. The molecule has 0 saturated carbocycles. The summed E-state index contributed by atoms with van der Waals surface area (Å²) in [5.74, 6) is 1.52. The average Bonchev–Trinajstić information content (AvgIpc) is 2.14. The van der Waals surface area contributed by atoms with Crippen LogP contribution in [-0.2, 0) is 4.79 Å². The van der Waals surface area contributed by atoms with E-state index in [1.807, 2.05) is 0 Å². The molecule has 0 aliphatic heterocycles. The Hall–Kier alpha value is 0.130. The Kier molecular flexibility index (Phi) is 8.52. The van der Waals surface area contributed by atoms with E-state index in [1.54, 1.807) is 0 Å². The van der Waals surface area contributed by atoms with Crippen LogP contribution in [0.25, 0.3) is 0 Å². The van der Waals surface area contributed by atoms with Crippen molar-refractivity contribution in [1.82, 2.24) is 10.2 Å². The zero-order valence-electron chi connectivity index (χ0n) is 8.86. The third-order valence-corrected chi connectivity index (χ3v) is 2.32. The number of rotatable bonds is 7. The number of thiol groups is 2. The van der Waals surface area contributed by atoms with Crippen molar-refractivity contribution in [3.05, 3.63) is 0 Å². The molecule has 84 valence electrons. The standard InChI is InChI=1S/C9H20N2OS2/c1-8(2)11(4-6-14)7-9(12)10-3-5-13/h8,13-14H,3-7H2,1-2H3,(H,10,12). The van der Waals surface area contributed by atoms with Gasteiger partial charge in [-0.1, -0.05) is 0 Å². The molecule has 0 saturated heterocycles. The van der Waals surface area contributed by atoms with Crippen LogP contribution in [0.5, 0.6) is 0 Å². The second kappa shape index (κ2) is 8.44. The molecule has 0 heterocycles. The van der Waals surface area contributed by atoms with Crippen LogP contribution in [0.3, 0.4) is 0 Å². The van der Waals surface area contributed by atoms with E-state index in [1.165, 1.54) is 0 Å². The Labute approximate surface area is 97.4 Å². The lowest BCUT2D eigenvalue weighted by Gasteiger charge is -2.24. The van der Waals surface area contributed by atoms with Crippen molar-refractivity contribution in [2.75, 3.05) is 31.1 Å². The van der Waals surface area contributed by atoms with Crippen LogP contribution >= 0.6 is 25.3 Å². The van der Waals surface area contributed by atoms with Crippen molar-refractivity contribution in [2.24, 2.45) is 0 Å². The highest BCUT2D eigenvalue weighted by Gasteiger charge is 2.12. The van der Waals surface area contributed by atoms with Crippen molar-refractivity contribution in [1.29, 1.82) is 0 Å². The maximum absolute atomic E-state index is 11.4. The van der Waals surface area contributed by atoms with E-state index in [9.17, 15) is 4.79 Å². The highest BCUT2D eigenvalue weighted by Crippen LogP contribution is 1.97. The quantitative estimate of drug-likeness (QED) is 0.568. The van der Waals surface area contributed by atoms with Crippen molar-refractivity contribution >= 4 is 31.2 Å². The topological polar surface area (TPSA) is 32.3 Å². The molecule has 14 heavy (non-hydrogen) atoms. The molecule has 0 aromatic rings. The number of hydrogen-bond acceptors (Lipinski definition) is 4. The molecule has 0 aromatic heterocycles. The van der Waals surface area contributed by atoms with E-state index >= 15 is 0 Å². The normalized spacial score (nSPS) is 11.0. The van der Waals surface area contributed by atoms with Crippen LogP contribution in [-0.4, -0.2) is 48.0 Å². The lowest BCUT2D eigenvalue weighted by Crippen LogP contribution is -2.42. The summed E-state index contributed by atoms with van der Waals surface area (Å²) in [5.41, 5.74) is 0. The molecule has 0 aromatic carbocycles. The van der Waals surface area contributed by atoms with Crippen LogP contribution in [0.2, 0.25) is 0 Å². The largest absolute Gasteiger partial charge is 0.354 e. The van der Waals surface area contributed by atoms with Crippen molar-refractivity contribution in [3.8, 4) is 0 Å². The third-order valence-electron chi connectivity index (χ3n) is 1.90. The minimum absolute atomic E-state index is 0.0644. The van der Waals surface area contributed by atoms with Gasteiger partial charge in [-0.15, -0.1) is 0 Å². The molecule has 0 aliphatic rings. The van der Waals surface area contributed by atoms with E-state index in [0.29, 0.717) is 24.9 Å². The minimum Gasteiger partial charge on any atom is -0.354 e. The molecular formula is C9H20N2OS2. The van der Waals surface area contributed by atoms with E-state index in [-0.39, 0.29) is 5.91 Å². The van der Waals surface area contributed by atoms with Crippen LogP contribution in [0, 0.1) is 0 Å². The number of amides is 1. The predicted molar refractivity (Wildman–Crippen MR) is 67.4 cm³/mol. The van der Waals surface area contributed by atoms with Crippen molar-refractivity contribution in [2.45, 2.75) is 19.9 Å². The average molecular weight is 236 g/mol. The first-order chi connectivity index (χ1) is 6.61. The molecule has 0 spiro atoms. The van der Waals surface area contributed by atoms with Gasteiger partial charge in [0.05, 0.1) is 6.54 Å². The Balaban J connectivity index is 3.83. The van der Waals surface area contributed by atoms with Gasteiger partial charge in [-0.3, -0.25) is 9.69 Å². The summed E-state index contributed by atoms with van der Waals surface area (Å²) in [6, 6.07) is 0.379. The molecule has 0 bridgehead atoms. The second-order valence-corrected chi connectivity index (χ2v) is 4.26. The predicted octanol–water partition coefficient (Wildman–Crippen LogP) is 0.673. The van der Waals surface area contributed by atoms with Gasteiger partial charge in [0.2, 0.25) is 5.91 Å². The molecule has 1 N–H and O–H groups in total. The van der Waals surface area contributed by atoms with E-state index < -0.39 is 0 Å². The van der Waals surface area contributed by atoms with Gasteiger partial charge in [-0.25, -0.2) is 0 Å². The first kappa shape index (κ1) is 14.1. The minimum atomic E-state index is 0.0644. The summed E-state index contributed by atoms with van der Waals surface area (Å²) >= 11 is 8.19. The van der Waals surface area contributed by atoms with Gasteiger partial charge in [0.25, 0.3) is 0 Å². The molecule has 3 nitrogen and oxygen atoms in total. The van der Waals surface area contributed by atoms with E-state index in [2.05, 4.69) is 49.3 Å². The molecule has 0 fully saturated rings. The number of hydrogen-bond donors (Lipinski definition) is 3. The fourth-order valence-corrected chi connectivity index (χ4v) is 1.45. The van der Waals surface area contributed by atoms with Gasteiger partial charge in [0, 0.05) is 30.6 Å². The third kappa shape index (κ3) is 6.56. The second-order valence-electron chi connectivity index (χ2n) is 3.36. The Morgan fingerprint density at radius 1 is 1.36 bits per heavy atom. The zero-order chi connectivity index (χ0) is 11.0. The fraction of sp³-hybridized carbons (Fsp3) is 0.889. The molecule has 5 heteroatoms. The maximum Gasteiger partial charge on any atom is 0.234 e. The Bertz CT molecular complexity index is 165. The number of nitrogens with one attached hydrogen (secondary N) is 1. The van der Waals surface area contributed by atoms with Gasteiger partial charge in [-0.05, 0) is 13.8 Å². The Morgan fingerprint density at radius 2 is 2.00 bits per heavy atom. The molecule has 0 rings (SSSR count). The molecule has 0 radical (unpaired) electrons. The first-order valence-corrected chi connectivity index (χ1v) is 6.10. The highest BCUT2D eigenvalue weighted by atomic mass is 32.1. The lowest BCUT2D eigenvalue weighted by molar-refractivity contribution is -0.122. The first-order valence-electron chi connectivity index (χ1n) is 4.84. The van der Waals surface area contributed by atoms with Gasteiger partial charge < -0.3 is 5.32 Å². The summed E-state index contributed by atoms with van der Waals surface area (Å²) in [6.45, 7) is 6.08. The maximum atomic E-state index is 11.4.